The number of sulfonamides is 1. The van der Waals surface area contributed by atoms with Gasteiger partial charge in [0.05, 0.1) is 55.3 Å². The number of nitrogens with two attached hydrogens (primary N) is 1. The molecule has 0 atom stereocenters. The zero-order valence-corrected chi connectivity index (χ0v) is 37.3. The van der Waals surface area contributed by atoms with E-state index < -0.39 is 43.7 Å². The predicted molar refractivity (Wildman–Crippen MR) is 235 cm³/mol. The Balaban J connectivity index is 1.66. The molecule has 0 saturated heterocycles. The van der Waals surface area contributed by atoms with Crippen LogP contribution in [0.25, 0.3) is 22.5 Å². The first-order valence-corrected chi connectivity index (χ1v) is 25.9. The van der Waals surface area contributed by atoms with Crippen molar-refractivity contribution < 1.29 is 40.9 Å². The summed E-state index contributed by atoms with van der Waals surface area (Å²) in [5, 5.41) is 23.3. The van der Waals surface area contributed by atoms with Gasteiger partial charge in [-0.1, -0.05) is 74.2 Å². The van der Waals surface area contributed by atoms with E-state index in [1.807, 2.05) is 31.8 Å². The molecule has 5 aromatic carbocycles. The van der Waals surface area contributed by atoms with Crippen molar-refractivity contribution in [3.63, 3.8) is 0 Å². The van der Waals surface area contributed by atoms with Gasteiger partial charge in [0.25, 0.3) is 0 Å². The molecule has 0 unspecified atom stereocenters. The first kappa shape index (κ1) is 44.5. The Morgan fingerprint density at radius 3 is 1.75 bits per heavy atom. The van der Waals surface area contributed by atoms with Crippen LogP contribution in [0.1, 0.15) is 27.0 Å². The lowest BCUT2D eigenvalue weighted by atomic mass is 9.95. The Kier molecular flexibility index (Phi) is 13.3. The third-order valence-electron chi connectivity index (χ3n) is 10.00. The largest absolute Gasteiger partial charge is 0.497 e. The Bertz CT molecular complexity index is 2690. The highest BCUT2D eigenvalue weighted by atomic mass is 32.2. The fourth-order valence-corrected chi connectivity index (χ4v) is 13.4. The number of aromatic nitrogens is 4. The molecular formula is C43H48N6O9S2Si. The normalized spacial score (nSPS) is 12.0. The minimum Gasteiger partial charge on any atom is -0.497 e. The molecule has 1 aromatic heterocycles. The average molecular weight is 885 g/mol. The molecule has 0 spiro atoms. The topological polar surface area (TPSA) is 206 Å². The zero-order chi connectivity index (χ0) is 44.1. The minimum atomic E-state index is -4.89. The van der Waals surface area contributed by atoms with Crippen LogP contribution in [0.15, 0.2) is 113 Å². The number of nitrogens with zero attached hydrogens (tertiary/aromatic N) is 5. The summed E-state index contributed by atoms with van der Waals surface area (Å²) in [7, 11) is -6.62. The Hall–Kier alpha value is -6.08. The van der Waals surface area contributed by atoms with Crippen LogP contribution in [0.5, 0.6) is 17.2 Å². The molecule has 0 aliphatic rings. The summed E-state index contributed by atoms with van der Waals surface area (Å²) >= 11 is 0. The number of rotatable bonds is 18. The van der Waals surface area contributed by atoms with E-state index in [0.29, 0.717) is 34.4 Å². The van der Waals surface area contributed by atoms with E-state index in [0.717, 1.165) is 5.56 Å². The van der Waals surface area contributed by atoms with Gasteiger partial charge in [0, 0.05) is 26.7 Å². The lowest BCUT2D eigenvalue weighted by Crippen LogP contribution is -2.32. The predicted octanol–water partition coefficient (Wildman–Crippen LogP) is 6.86. The van der Waals surface area contributed by atoms with E-state index >= 15 is 8.42 Å². The van der Waals surface area contributed by atoms with Gasteiger partial charge in [0.1, 0.15) is 22.1 Å². The van der Waals surface area contributed by atoms with Crippen LogP contribution in [-0.2, 0) is 39.5 Å². The molecule has 0 bridgehead atoms. The lowest BCUT2D eigenvalue weighted by Gasteiger charge is -2.27. The maximum absolute atomic E-state index is 15.9. The first-order valence-electron chi connectivity index (χ1n) is 19.1. The van der Waals surface area contributed by atoms with Gasteiger partial charge in [-0.05, 0) is 82.0 Å². The molecule has 3 N–H and O–H groups in total. The van der Waals surface area contributed by atoms with Crippen molar-refractivity contribution in [2.75, 3.05) is 32.8 Å². The molecule has 0 radical (unpaired) electrons. The number of benzene rings is 5. The molecule has 6 aromatic rings. The number of carboxylic acids is 1. The van der Waals surface area contributed by atoms with Crippen LogP contribution in [0, 0.1) is 0 Å². The highest BCUT2D eigenvalue weighted by Crippen LogP contribution is 2.44. The van der Waals surface area contributed by atoms with Gasteiger partial charge in [-0.25, -0.2) is 21.6 Å². The third-order valence-corrected chi connectivity index (χ3v) is 15.9. The van der Waals surface area contributed by atoms with Crippen LogP contribution in [0.3, 0.4) is 0 Å². The van der Waals surface area contributed by atoms with Crippen LogP contribution < -0.4 is 19.9 Å². The average Bonchev–Trinajstić information content (AvgIpc) is 3.70. The summed E-state index contributed by atoms with van der Waals surface area (Å²) in [5.74, 6) is -0.105. The Morgan fingerprint density at radius 2 is 1.26 bits per heavy atom. The summed E-state index contributed by atoms with van der Waals surface area (Å²) in [5.41, 5.74) is 8.06. The van der Waals surface area contributed by atoms with Crippen molar-refractivity contribution >= 4 is 39.6 Å². The number of carboxylic acid groups (broad SMARTS) is 1. The van der Waals surface area contributed by atoms with Crippen molar-refractivity contribution in [1.82, 2.24) is 24.5 Å². The highest BCUT2D eigenvalue weighted by Gasteiger charge is 2.38. The number of ether oxygens (including phenoxy) is 3. The van der Waals surface area contributed by atoms with E-state index in [-0.39, 0.29) is 59.2 Å². The van der Waals surface area contributed by atoms with Crippen LogP contribution in [0.4, 0.5) is 5.69 Å². The van der Waals surface area contributed by atoms with Crippen molar-refractivity contribution in [1.29, 1.82) is 0 Å². The van der Waals surface area contributed by atoms with E-state index in [9.17, 15) is 18.3 Å². The van der Waals surface area contributed by atoms with E-state index in [1.54, 1.807) is 67.8 Å². The maximum Gasteiger partial charge on any atom is 0.337 e. The number of methoxy groups -OCH3 is 3. The summed E-state index contributed by atoms with van der Waals surface area (Å²) in [6.45, 7) is 5.83. The highest BCUT2D eigenvalue weighted by molar-refractivity contribution is 7.93. The Labute approximate surface area is 356 Å². The zero-order valence-electron chi connectivity index (χ0n) is 34.7. The number of aromatic carboxylic acids is 1. The molecule has 0 fully saturated rings. The molecule has 0 saturated carbocycles. The number of sulfone groups is 1. The molecule has 61 heavy (non-hydrogen) atoms. The van der Waals surface area contributed by atoms with Gasteiger partial charge in [-0.3, -0.25) is 0 Å². The number of tetrazole rings is 1. The van der Waals surface area contributed by atoms with E-state index in [1.165, 1.54) is 53.7 Å². The lowest BCUT2D eigenvalue weighted by molar-refractivity contribution is 0.0698. The van der Waals surface area contributed by atoms with Crippen molar-refractivity contribution in [2.24, 2.45) is 0 Å². The van der Waals surface area contributed by atoms with Crippen molar-refractivity contribution in [3.8, 4) is 39.8 Å². The number of carbonyl (C=O) groups is 1. The summed E-state index contributed by atoms with van der Waals surface area (Å²) < 4.78 is 78.3. The molecule has 18 heteroatoms. The molecule has 6 rings (SSSR count). The van der Waals surface area contributed by atoms with E-state index in [4.69, 9.17) is 19.9 Å². The van der Waals surface area contributed by atoms with Gasteiger partial charge < -0.3 is 25.1 Å². The molecule has 15 nitrogen and oxygen atoms in total. The van der Waals surface area contributed by atoms with Crippen LogP contribution >= 0.6 is 0 Å². The molecule has 0 amide bonds. The molecule has 320 valence electrons. The second-order valence-corrected chi connectivity index (χ2v) is 25.1. The molecular weight excluding hydrogens is 837 g/mol. The second kappa shape index (κ2) is 18.3. The quantitative estimate of drug-likeness (QED) is 0.0669. The standard InChI is InChI=1S/C43H48N6O9S2Si/c1-56-32-16-10-29(11-17-32)26-48(27-30-12-18-33(57-2)19-13-30)60(54,55)41-38(59(52,53)24-25-61(4,5)6)23-22-35(36-8-7-9-37(40(36)44)43(50)51)39(41)42-45-47-49(46-42)28-31-14-20-34(58-3)21-15-31/h7-23H,24-28,44H2,1-6H3,(H,50,51). The van der Waals surface area contributed by atoms with Gasteiger partial charge in [-0.2, -0.15) is 9.10 Å². The number of anilines is 1. The fourth-order valence-electron chi connectivity index (χ4n) is 6.58. The van der Waals surface area contributed by atoms with Crippen molar-refractivity contribution in [2.45, 2.75) is 55.1 Å². The van der Waals surface area contributed by atoms with Crippen LogP contribution in [0.2, 0.25) is 25.7 Å². The Morgan fingerprint density at radius 1 is 0.738 bits per heavy atom. The number of para-hydroxylation sites is 1. The maximum atomic E-state index is 15.9. The number of hydrogen-bond donors (Lipinski definition) is 2. The number of hydrogen-bond acceptors (Lipinski definition) is 12. The van der Waals surface area contributed by atoms with Gasteiger partial charge in [0.2, 0.25) is 15.8 Å². The summed E-state index contributed by atoms with van der Waals surface area (Å²) in [4.78, 5) is 12.5. The van der Waals surface area contributed by atoms with Gasteiger partial charge in [-0.15, -0.1) is 10.2 Å². The first-order chi connectivity index (χ1) is 28.9. The second-order valence-electron chi connectivity index (χ2n) is 15.5. The third kappa shape index (κ3) is 10.3. The van der Waals surface area contributed by atoms with E-state index in [2.05, 4.69) is 15.4 Å². The van der Waals surface area contributed by atoms with Crippen LogP contribution in [-0.4, -0.2) is 87.6 Å². The minimum absolute atomic E-state index is 0.0844. The van der Waals surface area contributed by atoms with Crippen molar-refractivity contribution in [3.05, 3.63) is 125 Å². The summed E-state index contributed by atoms with van der Waals surface area (Å²) in [6, 6.07) is 28.2. The number of nitrogen functional groups attached to an aromatic ring is 1. The molecule has 1 heterocycles. The van der Waals surface area contributed by atoms with Gasteiger partial charge >= 0.3 is 5.97 Å². The molecule has 0 aliphatic heterocycles. The molecule has 0 aliphatic carbocycles. The van der Waals surface area contributed by atoms with Gasteiger partial charge in [0.15, 0.2) is 9.84 Å². The fraction of sp³-hybridized carbons (Fsp3) is 0.256. The summed E-state index contributed by atoms with van der Waals surface area (Å²) in [6.07, 6.45) is 0. The smallest absolute Gasteiger partial charge is 0.337 e. The monoisotopic (exact) mass is 884 g/mol. The SMILES string of the molecule is COc1ccc(CN(Cc2ccc(OC)cc2)S(=O)(=O)c2c(S(=O)(=O)CC[Si](C)(C)C)ccc(-c3cccc(C(=O)O)c3N)c2-c2nnn(Cc3ccc(OC)cc3)n2)cc1.